The summed E-state index contributed by atoms with van der Waals surface area (Å²) in [5, 5.41) is 20.1. The van der Waals surface area contributed by atoms with E-state index in [0.29, 0.717) is 16.7 Å². The molecular formula is C22H25FN2O7. The van der Waals surface area contributed by atoms with E-state index in [1.54, 1.807) is 13.8 Å². The van der Waals surface area contributed by atoms with Gasteiger partial charge in [-0.15, -0.1) is 0 Å². The first-order valence-corrected chi connectivity index (χ1v) is 9.87. The highest BCUT2D eigenvalue weighted by atomic mass is 19.1. The lowest BCUT2D eigenvalue weighted by molar-refractivity contribution is -0.384. The summed E-state index contributed by atoms with van der Waals surface area (Å²) in [6.07, 6.45) is -1.64. The van der Waals surface area contributed by atoms with Crippen molar-refractivity contribution in [3.8, 4) is 0 Å². The van der Waals surface area contributed by atoms with Crippen LogP contribution in [0.2, 0.25) is 0 Å². The quantitative estimate of drug-likeness (QED) is 0.145. The highest BCUT2D eigenvalue weighted by Gasteiger charge is 2.53. The second kappa shape index (κ2) is 10.2. The van der Waals surface area contributed by atoms with Crippen LogP contribution in [0, 0.1) is 16.0 Å². The fourth-order valence-electron chi connectivity index (χ4n) is 3.62. The first-order valence-electron chi connectivity index (χ1n) is 9.87. The normalized spacial score (nSPS) is 18.4. The summed E-state index contributed by atoms with van der Waals surface area (Å²) in [5.41, 5.74) is 1.04. The van der Waals surface area contributed by atoms with Crippen LogP contribution in [0.5, 0.6) is 0 Å². The van der Waals surface area contributed by atoms with Gasteiger partial charge in [-0.25, -0.2) is 9.18 Å². The van der Waals surface area contributed by atoms with Crippen LogP contribution >= 0.6 is 0 Å². The molecule has 32 heavy (non-hydrogen) atoms. The predicted octanol–water partition coefficient (Wildman–Crippen LogP) is 3.54. The predicted molar refractivity (Wildman–Crippen MR) is 112 cm³/mol. The van der Waals surface area contributed by atoms with Crippen molar-refractivity contribution in [2.75, 3.05) is 0 Å². The highest BCUT2D eigenvalue weighted by Crippen LogP contribution is 2.39. The van der Waals surface area contributed by atoms with Gasteiger partial charge in [0.1, 0.15) is 18.5 Å². The van der Waals surface area contributed by atoms with Crippen molar-refractivity contribution >= 4 is 23.5 Å². The van der Waals surface area contributed by atoms with Crippen molar-refractivity contribution in [1.29, 1.82) is 0 Å². The molecule has 2 rings (SSSR count). The van der Waals surface area contributed by atoms with Crippen LogP contribution in [0.15, 0.2) is 47.7 Å². The SMILES string of the molecule is C=C(CC(=O)OCc1ccc([N+](=O)[O-])cc1)C[C@@H]1[C@@H]([C@H](C)F)C(=O)N1C(C(=O)O)=C(C)C. The number of carbonyl (C=O) groups excluding carboxylic acids is 2. The van der Waals surface area contributed by atoms with Crippen LogP contribution in [0.4, 0.5) is 10.1 Å². The number of rotatable bonds is 10. The van der Waals surface area contributed by atoms with E-state index < -0.39 is 40.9 Å². The fraction of sp³-hybridized carbons (Fsp3) is 0.409. The number of carboxylic acid groups (broad SMARTS) is 1. The molecule has 1 saturated heterocycles. The molecule has 1 heterocycles. The van der Waals surface area contributed by atoms with Crippen LogP contribution < -0.4 is 0 Å². The van der Waals surface area contributed by atoms with E-state index in [9.17, 15) is 34.0 Å². The minimum absolute atomic E-state index is 0.0430. The molecule has 0 radical (unpaired) electrons. The second-order valence-corrected chi connectivity index (χ2v) is 7.85. The first-order chi connectivity index (χ1) is 14.9. The smallest absolute Gasteiger partial charge is 0.352 e. The number of amides is 1. The number of non-ortho nitro benzene ring substituents is 1. The molecule has 0 spiro atoms. The van der Waals surface area contributed by atoms with Crippen molar-refractivity contribution in [1.82, 2.24) is 4.90 Å². The van der Waals surface area contributed by atoms with Gasteiger partial charge >= 0.3 is 11.9 Å². The number of aliphatic carboxylic acids is 1. The number of nitro groups is 1. The van der Waals surface area contributed by atoms with Gasteiger partial charge in [0.05, 0.1) is 23.3 Å². The molecule has 0 saturated carbocycles. The van der Waals surface area contributed by atoms with E-state index >= 15 is 0 Å². The third kappa shape index (κ3) is 5.57. The molecule has 1 aromatic carbocycles. The summed E-state index contributed by atoms with van der Waals surface area (Å²) in [5.74, 6) is -3.54. The van der Waals surface area contributed by atoms with Crippen molar-refractivity contribution in [2.24, 2.45) is 5.92 Å². The summed E-state index contributed by atoms with van der Waals surface area (Å²) < 4.78 is 19.2. The lowest BCUT2D eigenvalue weighted by atomic mass is 9.79. The lowest BCUT2D eigenvalue weighted by Crippen LogP contribution is -2.63. The van der Waals surface area contributed by atoms with Crippen LogP contribution in [0.25, 0.3) is 0 Å². The summed E-state index contributed by atoms with van der Waals surface area (Å²) in [7, 11) is 0. The molecule has 1 aromatic rings. The molecule has 1 N–H and O–H groups in total. The van der Waals surface area contributed by atoms with Gasteiger partial charge < -0.3 is 14.7 Å². The number of benzene rings is 1. The number of nitro benzene ring substituents is 1. The minimum Gasteiger partial charge on any atom is -0.477 e. The molecule has 9 nitrogen and oxygen atoms in total. The third-order valence-corrected chi connectivity index (χ3v) is 5.12. The maximum atomic E-state index is 14.0. The Kier molecular flexibility index (Phi) is 7.85. The number of allylic oxidation sites excluding steroid dienone is 1. The van der Waals surface area contributed by atoms with Crippen molar-refractivity contribution < 1.29 is 33.5 Å². The zero-order valence-electron chi connectivity index (χ0n) is 18.0. The van der Waals surface area contributed by atoms with E-state index in [4.69, 9.17) is 4.74 Å². The summed E-state index contributed by atoms with van der Waals surface area (Å²) >= 11 is 0. The molecule has 3 atom stereocenters. The Labute approximate surface area is 184 Å². The van der Waals surface area contributed by atoms with E-state index in [1.807, 2.05) is 0 Å². The van der Waals surface area contributed by atoms with Gasteiger partial charge in [0.15, 0.2) is 0 Å². The monoisotopic (exact) mass is 448 g/mol. The van der Waals surface area contributed by atoms with E-state index in [-0.39, 0.29) is 30.8 Å². The van der Waals surface area contributed by atoms with E-state index in [0.717, 1.165) is 4.90 Å². The Hall–Kier alpha value is -3.56. The van der Waals surface area contributed by atoms with Gasteiger partial charge in [0, 0.05) is 12.1 Å². The number of likely N-dealkylation sites (tertiary alicyclic amines) is 1. The molecule has 172 valence electrons. The minimum atomic E-state index is -1.49. The number of hydrogen-bond donors (Lipinski definition) is 1. The van der Waals surface area contributed by atoms with E-state index in [2.05, 4.69) is 6.58 Å². The average Bonchev–Trinajstić information content (AvgIpc) is 2.69. The number of alkyl halides is 1. The maximum absolute atomic E-state index is 14.0. The zero-order valence-corrected chi connectivity index (χ0v) is 18.0. The van der Waals surface area contributed by atoms with Gasteiger partial charge in [0.25, 0.3) is 5.69 Å². The van der Waals surface area contributed by atoms with Crippen LogP contribution in [0.1, 0.15) is 39.2 Å². The average molecular weight is 448 g/mol. The molecule has 10 heteroatoms. The van der Waals surface area contributed by atoms with E-state index in [1.165, 1.54) is 31.2 Å². The molecule has 0 aromatic heterocycles. The number of carboxylic acids is 1. The summed E-state index contributed by atoms with van der Waals surface area (Å²) in [6.45, 7) is 8.04. The molecule has 0 aliphatic carbocycles. The third-order valence-electron chi connectivity index (χ3n) is 5.12. The number of ether oxygens (including phenoxy) is 1. The summed E-state index contributed by atoms with van der Waals surface area (Å²) in [4.78, 5) is 47.4. The Morgan fingerprint density at radius 3 is 2.38 bits per heavy atom. The van der Waals surface area contributed by atoms with Crippen molar-refractivity contribution in [2.45, 2.75) is 52.4 Å². The molecule has 1 amide bonds. The van der Waals surface area contributed by atoms with Gasteiger partial charge in [0.2, 0.25) is 5.91 Å². The number of carbonyl (C=O) groups is 3. The number of nitrogens with zero attached hydrogens (tertiary/aromatic N) is 2. The maximum Gasteiger partial charge on any atom is 0.352 e. The van der Waals surface area contributed by atoms with Gasteiger partial charge in [-0.3, -0.25) is 19.7 Å². The van der Waals surface area contributed by atoms with Crippen LogP contribution in [0.3, 0.4) is 0 Å². The zero-order chi connectivity index (χ0) is 24.2. The summed E-state index contributed by atoms with van der Waals surface area (Å²) in [6, 6.07) is 4.77. The van der Waals surface area contributed by atoms with Crippen LogP contribution in [-0.2, 0) is 25.7 Å². The topological polar surface area (TPSA) is 127 Å². The standard InChI is InChI=1S/C22H25FN2O7/c1-12(2)20(22(28)29)24-17(19(14(4)23)21(24)27)9-13(3)10-18(26)32-11-15-5-7-16(8-6-15)25(30)31/h5-8,14,17,19H,3,9-11H2,1-2,4H3,(H,28,29)/t14-,17+,19+/m0/s1. The Morgan fingerprint density at radius 2 is 1.91 bits per heavy atom. The fourth-order valence-corrected chi connectivity index (χ4v) is 3.62. The van der Waals surface area contributed by atoms with Gasteiger partial charge in [-0.05, 0) is 50.5 Å². The molecule has 0 unspecified atom stereocenters. The second-order valence-electron chi connectivity index (χ2n) is 7.85. The van der Waals surface area contributed by atoms with Crippen LogP contribution in [-0.4, -0.2) is 45.0 Å². The Morgan fingerprint density at radius 1 is 1.31 bits per heavy atom. The number of hydrogen-bond acceptors (Lipinski definition) is 6. The molecule has 1 fully saturated rings. The highest BCUT2D eigenvalue weighted by molar-refractivity contribution is 5.98. The molecule has 1 aliphatic heterocycles. The largest absolute Gasteiger partial charge is 0.477 e. The lowest BCUT2D eigenvalue weighted by Gasteiger charge is -2.48. The molecule has 0 bridgehead atoms. The number of esters is 1. The van der Waals surface area contributed by atoms with Gasteiger partial charge in [-0.1, -0.05) is 12.2 Å². The Bertz CT molecular complexity index is 965. The number of halogens is 1. The van der Waals surface area contributed by atoms with Gasteiger partial charge in [-0.2, -0.15) is 0 Å². The number of β-lactam (4-membered cyclic amide) rings is 1. The van der Waals surface area contributed by atoms with Crippen molar-refractivity contribution in [3.05, 3.63) is 63.4 Å². The first kappa shape index (κ1) is 24.7. The Balaban J connectivity index is 2.00. The molecule has 1 aliphatic rings. The molecular weight excluding hydrogens is 423 g/mol. The van der Waals surface area contributed by atoms with Crippen molar-refractivity contribution in [3.63, 3.8) is 0 Å².